The average Bonchev–Trinajstić information content (AvgIpc) is 3.41. The molecule has 0 aliphatic carbocycles. The second kappa shape index (κ2) is 18.7. The number of carbonyl (C=O) groups excluding carboxylic acids is 5. The van der Waals surface area contributed by atoms with Crippen LogP contribution in [0.5, 0.6) is 0 Å². The normalized spacial score (nSPS) is 12.8. The van der Waals surface area contributed by atoms with Gasteiger partial charge in [0.1, 0.15) is 12.1 Å². The Morgan fingerprint density at radius 2 is 1.49 bits per heavy atom. The fraction of sp³-hybridized carbons (Fsp3) is 0.424. The van der Waals surface area contributed by atoms with Crippen LogP contribution in [-0.2, 0) is 24.0 Å². The zero-order valence-corrected chi connectivity index (χ0v) is 29.3. The van der Waals surface area contributed by atoms with E-state index >= 15 is 0 Å². The number of benzene rings is 2. The number of rotatable bonds is 18. The van der Waals surface area contributed by atoms with E-state index in [1.54, 1.807) is 21.8 Å². The van der Waals surface area contributed by atoms with Crippen LogP contribution in [0.25, 0.3) is 15.3 Å². The first-order chi connectivity index (χ1) is 23.3. The van der Waals surface area contributed by atoms with Gasteiger partial charge in [-0.15, -0.1) is 0 Å². The Morgan fingerprint density at radius 3 is 2.14 bits per heavy atom. The van der Waals surface area contributed by atoms with Crippen molar-refractivity contribution in [3.05, 3.63) is 64.4 Å². The molecule has 3 atom stereocenters. The minimum absolute atomic E-state index is 0.00227. The number of aliphatic carboxylic acids is 1. The molecular formula is C33H43N7O8Se. The number of fused-ring (bicyclic) bond motifs is 1. The van der Waals surface area contributed by atoms with E-state index in [0.29, 0.717) is 29.0 Å². The third kappa shape index (κ3) is 11.4. The Morgan fingerprint density at radius 1 is 0.816 bits per heavy atom. The maximum Gasteiger partial charge on any atom is 0.326 e. The molecule has 264 valence electrons. The van der Waals surface area contributed by atoms with Gasteiger partial charge in [-0.1, -0.05) is 13.8 Å². The van der Waals surface area contributed by atoms with E-state index in [1.807, 2.05) is 44.2 Å². The predicted molar refractivity (Wildman–Crippen MR) is 183 cm³/mol. The summed E-state index contributed by atoms with van der Waals surface area (Å²) in [5.74, 6) is -4.43. The average molecular weight is 745 g/mol. The zero-order valence-electron chi connectivity index (χ0n) is 27.6. The fourth-order valence-electron chi connectivity index (χ4n) is 4.84. The largest absolute Gasteiger partial charge is 0.480 e. The van der Waals surface area contributed by atoms with Crippen LogP contribution in [0.4, 0.5) is 0 Å². The van der Waals surface area contributed by atoms with Crippen LogP contribution in [0.3, 0.4) is 0 Å². The summed E-state index contributed by atoms with van der Waals surface area (Å²) >= 11 is -0.492. The van der Waals surface area contributed by atoms with Gasteiger partial charge in [-0.25, -0.2) is 4.79 Å². The van der Waals surface area contributed by atoms with E-state index in [9.17, 15) is 38.7 Å². The molecule has 3 aromatic rings. The number of nitrogens with zero attached hydrogens (tertiary/aromatic N) is 1. The SMILES string of the molecule is CC(C)C[C@@H](NC(=O)[C@@H](CCCCN)NC(=O)[C@@H](C)NC(=O)CNC(=O)CNC(=O)c1cccc2c(=O)n(-c3ccccc3)[se]c12)C(=O)O. The van der Waals surface area contributed by atoms with Gasteiger partial charge in [-0.05, 0) is 38.1 Å². The Bertz CT molecular complexity index is 1710. The number of amides is 5. The van der Waals surface area contributed by atoms with Gasteiger partial charge in [0.15, 0.2) is 0 Å². The van der Waals surface area contributed by atoms with Crippen LogP contribution in [0.1, 0.15) is 56.8 Å². The van der Waals surface area contributed by atoms with Crippen LogP contribution in [0.15, 0.2) is 53.3 Å². The summed E-state index contributed by atoms with van der Waals surface area (Å²) in [6.07, 6.45) is 1.49. The van der Waals surface area contributed by atoms with Gasteiger partial charge in [0.2, 0.25) is 5.91 Å². The summed E-state index contributed by atoms with van der Waals surface area (Å²) in [5.41, 5.74) is 6.35. The van der Waals surface area contributed by atoms with E-state index in [4.69, 9.17) is 5.73 Å². The van der Waals surface area contributed by atoms with Crippen molar-refractivity contribution in [3.63, 3.8) is 0 Å². The van der Waals surface area contributed by atoms with Crippen LogP contribution >= 0.6 is 0 Å². The summed E-state index contributed by atoms with van der Waals surface area (Å²) in [5, 5.41) is 22.3. The molecule has 0 fully saturated rings. The number of hydrogen-bond donors (Lipinski definition) is 7. The van der Waals surface area contributed by atoms with Crippen LogP contribution in [0, 0.1) is 5.92 Å². The zero-order chi connectivity index (χ0) is 36.1. The maximum atomic E-state index is 13.0. The molecule has 3 rings (SSSR count). The van der Waals surface area contributed by atoms with Crippen molar-refractivity contribution in [1.82, 2.24) is 30.1 Å². The van der Waals surface area contributed by atoms with Crippen LogP contribution in [-0.4, -0.2) is 96.7 Å². The van der Waals surface area contributed by atoms with Gasteiger partial charge in [-0.3, -0.25) is 9.59 Å². The van der Waals surface area contributed by atoms with Gasteiger partial charge in [0.25, 0.3) is 0 Å². The maximum absolute atomic E-state index is 13.0. The number of para-hydroxylation sites is 1. The summed E-state index contributed by atoms with van der Waals surface area (Å²) in [7, 11) is 0. The van der Waals surface area contributed by atoms with E-state index < -0.39 is 81.5 Å². The third-order valence-electron chi connectivity index (χ3n) is 7.38. The molecule has 2 aromatic carbocycles. The van der Waals surface area contributed by atoms with Gasteiger partial charge < -0.3 is 21.5 Å². The molecule has 1 aromatic heterocycles. The van der Waals surface area contributed by atoms with Crippen LogP contribution in [0.2, 0.25) is 0 Å². The first-order valence-corrected chi connectivity index (χ1v) is 17.5. The number of carboxylic acids is 1. The molecule has 1 heterocycles. The van der Waals surface area contributed by atoms with Gasteiger partial charge in [-0.2, -0.15) is 0 Å². The Kier molecular flexibility index (Phi) is 14.7. The minimum Gasteiger partial charge on any atom is -0.480 e. The summed E-state index contributed by atoms with van der Waals surface area (Å²) in [6, 6.07) is 10.7. The first kappa shape index (κ1) is 38.7. The number of carboxylic acid groups (broad SMARTS) is 1. The molecule has 15 nitrogen and oxygen atoms in total. The molecule has 8 N–H and O–H groups in total. The molecule has 0 saturated heterocycles. The molecule has 49 heavy (non-hydrogen) atoms. The molecule has 0 aliphatic rings. The van der Waals surface area contributed by atoms with E-state index in [2.05, 4.69) is 26.6 Å². The summed E-state index contributed by atoms with van der Waals surface area (Å²) in [6.45, 7) is 4.48. The number of carbonyl (C=O) groups is 6. The first-order valence-electron chi connectivity index (χ1n) is 15.9. The van der Waals surface area contributed by atoms with Gasteiger partial charge in [0, 0.05) is 0 Å². The van der Waals surface area contributed by atoms with Crippen molar-refractivity contribution in [2.75, 3.05) is 19.6 Å². The van der Waals surface area contributed by atoms with Crippen molar-refractivity contribution in [1.29, 1.82) is 0 Å². The van der Waals surface area contributed by atoms with Crippen molar-refractivity contribution in [3.8, 4) is 5.69 Å². The van der Waals surface area contributed by atoms with Gasteiger partial charge >= 0.3 is 184 Å². The minimum atomic E-state index is -1.19. The van der Waals surface area contributed by atoms with Crippen molar-refractivity contribution in [2.45, 2.75) is 64.6 Å². The second-order valence-electron chi connectivity index (χ2n) is 11.8. The van der Waals surface area contributed by atoms with E-state index in [1.165, 1.54) is 6.92 Å². The number of aromatic nitrogens is 1. The number of nitrogens with two attached hydrogens (primary N) is 1. The molecule has 0 saturated carbocycles. The molecule has 0 spiro atoms. The molecule has 16 heteroatoms. The summed E-state index contributed by atoms with van der Waals surface area (Å²) in [4.78, 5) is 88.3. The van der Waals surface area contributed by atoms with Crippen molar-refractivity contribution >= 4 is 59.9 Å². The number of hydrogen-bond acceptors (Lipinski definition) is 8. The number of nitrogens with one attached hydrogen (secondary N) is 5. The Labute approximate surface area is 289 Å². The quantitative estimate of drug-likeness (QED) is 0.0665. The van der Waals surface area contributed by atoms with E-state index in [0.717, 1.165) is 5.69 Å². The monoisotopic (exact) mass is 745 g/mol. The molecule has 0 unspecified atom stereocenters. The molecule has 0 radical (unpaired) electrons. The van der Waals surface area contributed by atoms with E-state index in [-0.39, 0.29) is 29.9 Å². The smallest absolute Gasteiger partial charge is 0.326 e. The fourth-order valence-corrected chi connectivity index (χ4v) is 7.15. The van der Waals surface area contributed by atoms with Crippen molar-refractivity contribution in [2.24, 2.45) is 11.7 Å². The Hall–Kier alpha value is -4.79. The topological polar surface area (TPSA) is 231 Å². The Balaban J connectivity index is 1.51. The number of unbranched alkanes of at least 4 members (excludes halogenated alkanes) is 1. The molecular weight excluding hydrogens is 701 g/mol. The molecule has 0 bridgehead atoms. The van der Waals surface area contributed by atoms with Crippen LogP contribution < -0.4 is 37.9 Å². The third-order valence-corrected chi connectivity index (χ3v) is 9.85. The predicted octanol–water partition coefficient (Wildman–Crippen LogP) is -0.372. The second-order valence-corrected chi connectivity index (χ2v) is 13.8. The van der Waals surface area contributed by atoms with Gasteiger partial charge in [0.05, 0.1) is 0 Å². The standard InChI is InChI=1S/C33H43N7O8Se/c1-19(2)16-25(33(47)48)39-31(45)24(14-7-8-15-34)38-29(43)20(3)37-27(42)18-35-26(41)17-36-30(44)22-12-9-13-23-28(22)49-40(32(23)46)21-10-5-4-6-11-21/h4-6,9-13,19-20,24-25H,7-8,14-18,34H2,1-3H3,(H,35,41)(H,36,44)(H,37,42)(H,38,43)(H,39,45)(H,47,48)/t20-,24-,25-/m1/s1. The molecule has 5 amide bonds. The summed E-state index contributed by atoms with van der Waals surface area (Å²) < 4.78 is 2.23. The molecule has 0 aliphatic heterocycles. The van der Waals surface area contributed by atoms with Crippen molar-refractivity contribution < 1.29 is 33.9 Å².